The lowest BCUT2D eigenvalue weighted by Gasteiger charge is -2.13. The number of nitrogens with zero attached hydrogens (tertiary/aromatic N) is 2. The van der Waals surface area contributed by atoms with Gasteiger partial charge in [0.25, 0.3) is 0 Å². The van der Waals surface area contributed by atoms with Gasteiger partial charge in [0, 0.05) is 30.7 Å². The normalized spacial score (nSPS) is 27.0. The molecule has 1 aliphatic carbocycles. The number of alkyl halides is 1. The Kier molecular flexibility index (Phi) is 3.12. The molecule has 0 aromatic carbocycles. The van der Waals surface area contributed by atoms with Crippen LogP contribution in [0.1, 0.15) is 32.0 Å². The second kappa shape index (κ2) is 4.35. The highest BCUT2D eigenvalue weighted by molar-refractivity contribution is 6.20. The van der Waals surface area contributed by atoms with E-state index in [1.165, 1.54) is 25.1 Å². The monoisotopic (exact) mass is 212 g/mol. The van der Waals surface area contributed by atoms with E-state index in [2.05, 4.69) is 16.5 Å². The first-order chi connectivity index (χ1) is 6.81. The largest absolute Gasteiger partial charge is 0.335 e. The second-order valence-corrected chi connectivity index (χ2v) is 4.60. The molecule has 0 aliphatic heterocycles. The molecule has 2 unspecified atom stereocenters. The second-order valence-electron chi connectivity index (χ2n) is 4.04. The number of aromatic nitrogens is 2. The summed E-state index contributed by atoms with van der Waals surface area (Å²) in [5.74, 6) is 1.84. The minimum atomic E-state index is 0.372. The van der Waals surface area contributed by atoms with Crippen LogP contribution in [0.15, 0.2) is 12.4 Å². The van der Waals surface area contributed by atoms with Crippen LogP contribution in [-0.4, -0.2) is 14.9 Å². The molecule has 0 bridgehead atoms. The van der Waals surface area contributed by atoms with Crippen molar-refractivity contribution in [2.75, 3.05) is 0 Å². The number of halogens is 1. The molecule has 1 fully saturated rings. The van der Waals surface area contributed by atoms with Gasteiger partial charge in [-0.15, -0.1) is 11.6 Å². The molecule has 0 N–H and O–H groups in total. The van der Waals surface area contributed by atoms with Gasteiger partial charge in [-0.1, -0.05) is 6.42 Å². The van der Waals surface area contributed by atoms with Crippen LogP contribution in [0, 0.1) is 5.92 Å². The van der Waals surface area contributed by atoms with E-state index in [0.717, 1.165) is 13.0 Å². The van der Waals surface area contributed by atoms with E-state index in [0.29, 0.717) is 11.3 Å². The van der Waals surface area contributed by atoms with Gasteiger partial charge in [0.1, 0.15) is 5.82 Å². The molecule has 1 heterocycles. The Balaban J connectivity index is 2.02. The average Bonchev–Trinajstić information content (AvgIpc) is 2.77. The Labute approximate surface area is 90.3 Å². The Hall–Kier alpha value is -0.500. The predicted octanol–water partition coefficient (Wildman–Crippen LogP) is 2.85. The molecule has 0 radical (unpaired) electrons. The van der Waals surface area contributed by atoms with Crippen LogP contribution in [0.2, 0.25) is 0 Å². The molecule has 3 heteroatoms. The van der Waals surface area contributed by atoms with Gasteiger partial charge < -0.3 is 4.57 Å². The van der Waals surface area contributed by atoms with Crippen molar-refractivity contribution in [1.82, 2.24) is 9.55 Å². The van der Waals surface area contributed by atoms with Gasteiger partial charge in [-0.05, 0) is 25.7 Å². The zero-order valence-electron chi connectivity index (χ0n) is 8.62. The molecular formula is C11H17ClN2. The zero-order chi connectivity index (χ0) is 9.97. The van der Waals surface area contributed by atoms with Gasteiger partial charge in [0.15, 0.2) is 0 Å². The highest BCUT2D eigenvalue weighted by atomic mass is 35.5. The van der Waals surface area contributed by atoms with Gasteiger partial charge in [-0.25, -0.2) is 4.98 Å². The smallest absolute Gasteiger partial charge is 0.108 e. The van der Waals surface area contributed by atoms with Crippen LogP contribution in [0.3, 0.4) is 0 Å². The van der Waals surface area contributed by atoms with Crippen LogP contribution in [-0.2, 0) is 13.0 Å². The number of aryl methyl sites for hydroxylation is 1. The fraction of sp³-hybridized carbons (Fsp3) is 0.727. The molecule has 1 aromatic heterocycles. The fourth-order valence-electron chi connectivity index (χ4n) is 2.27. The zero-order valence-corrected chi connectivity index (χ0v) is 9.37. The summed E-state index contributed by atoms with van der Waals surface area (Å²) in [5, 5.41) is 0.372. The van der Waals surface area contributed by atoms with Crippen molar-refractivity contribution in [3.63, 3.8) is 0 Å². The van der Waals surface area contributed by atoms with Crippen LogP contribution in [0.25, 0.3) is 0 Å². The lowest BCUT2D eigenvalue weighted by Crippen LogP contribution is -2.13. The Morgan fingerprint density at radius 3 is 3.07 bits per heavy atom. The molecule has 1 aliphatic rings. The Morgan fingerprint density at radius 2 is 2.43 bits per heavy atom. The van der Waals surface area contributed by atoms with E-state index >= 15 is 0 Å². The number of rotatable bonds is 3. The van der Waals surface area contributed by atoms with Gasteiger partial charge in [0.05, 0.1) is 0 Å². The molecule has 0 saturated heterocycles. The predicted molar refractivity (Wildman–Crippen MR) is 58.6 cm³/mol. The quantitative estimate of drug-likeness (QED) is 0.705. The Bertz CT molecular complexity index is 295. The van der Waals surface area contributed by atoms with Gasteiger partial charge in [-0.2, -0.15) is 0 Å². The van der Waals surface area contributed by atoms with E-state index < -0.39 is 0 Å². The van der Waals surface area contributed by atoms with Gasteiger partial charge in [-0.3, -0.25) is 0 Å². The fourth-order valence-corrected chi connectivity index (χ4v) is 2.64. The van der Waals surface area contributed by atoms with E-state index in [9.17, 15) is 0 Å². The summed E-state index contributed by atoms with van der Waals surface area (Å²) in [5.41, 5.74) is 0. The van der Waals surface area contributed by atoms with E-state index in [1.807, 2.05) is 12.4 Å². The van der Waals surface area contributed by atoms with Crippen molar-refractivity contribution < 1.29 is 0 Å². The number of imidazole rings is 1. The minimum absolute atomic E-state index is 0.372. The molecule has 1 aromatic rings. The van der Waals surface area contributed by atoms with Crippen molar-refractivity contribution in [2.45, 2.75) is 44.5 Å². The van der Waals surface area contributed by atoms with Crippen LogP contribution in [0.4, 0.5) is 0 Å². The third kappa shape index (κ3) is 1.95. The van der Waals surface area contributed by atoms with Crippen molar-refractivity contribution in [3.8, 4) is 0 Å². The molecular weight excluding hydrogens is 196 g/mol. The summed E-state index contributed by atoms with van der Waals surface area (Å²) in [7, 11) is 0. The van der Waals surface area contributed by atoms with Crippen molar-refractivity contribution in [1.29, 1.82) is 0 Å². The first kappa shape index (κ1) is 10.0. The van der Waals surface area contributed by atoms with Gasteiger partial charge in [0.2, 0.25) is 0 Å². The lowest BCUT2D eigenvalue weighted by molar-refractivity contribution is 0.518. The highest BCUT2D eigenvalue weighted by Gasteiger charge is 2.26. The topological polar surface area (TPSA) is 17.8 Å². The molecule has 78 valence electrons. The summed E-state index contributed by atoms with van der Waals surface area (Å²) in [6, 6.07) is 0. The SMILES string of the molecule is CCn1ccnc1CC1CCCC1Cl. The summed E-state index contributed by atoms with van der Waals surface area (Å²) in [6.07, 6.45) is 8.72. The summed E-state index contributed by atoms with van der Waals surface area (Å²) < 4.78 is 2.21. The molecule has 0 spiro atoms. The third-order valence-corrected chi connectivity index (χ3v) is 3.73. The van der Waals surface area contributed by atoms with E-state index in [1.54, 1.807) is 0 Å². The lowest BCUT2D eigenvalue weighted by atomic mass is 10.0. The molecule has 2 nitrogen and oxygen atoms in total. The van der Waals surface area contributed by atoms with Crippen molar-refractivity contribution in [2.24, 2.45) is 5.92 Å². The maximum atomic E-state index is 6.25. The molecule has 2 atom stereocenters. The van der Waals surface area contributed by atoms with Crippen molar-refractivity contribution >= 4 is 11.6 Å². The molecule has 14 heavy (non-hydrogen) atoms. The standard InChI is InChI=1S/C11H17ClN2/c1-2-14-7-6-13-11(14)8-9-4-3-5-10(9)12/h6-7,9-10H,2-5,8H2,1H3. The van der Waals surface area contributed by atoms with Crippen LogP contribution in [0.5, 0.6) is 0 Å². The number of hydrogen-bond donors (Lipinski definition) is 0. The summed E-state index contributed by atoms with van der Waals surface area (Å²) in [6.45, 7) is 3.16. The third-order valence-electron chi connectivity index (χ3n) is 3.15. The van der Waals surface area contributed by atoms with E-state index in [4.69, 9.17) is 11.6 Å². The Morgan fingerprint density at radius 1 is 1.57 bits per heavy atom. The van der Waals surface area contributed by atoms with Gasteiger partial charge >= 0.3 is 0 Å². The highest BCUT2D eigenvalue weighted by Crippen LogP contribution is 2.32. The van der Waals surface area contributed by atoms with E-state index in [-0.39, 0.29) is 0 Å². The maximum Gasteiger partial charge on any atom is 0.108 e. The summed E-state index contributed by atoms with van der Waals surface area (Å²) in [4.78, 5) is 4.39. The first-order valence-corrected chi connectivity index (χ1v) is 5.89. The maximum absolute atomic E-state index is 6.25. The van der Waals surface area contributed by atoms with Crippen LogP contribution < -0.4 is 0 Å². The summed E-state index contributed by atoms with van der Waals surface area (Å²) >= 11 is 6.25. The average molecular weight is 213 g/mol. The minimum Gasteiger partial charge on any atom is -0.335 e. The van der Waals surface area contributed by atoms with Crippen molar-refractivity contribution in [3.05, 3.63) is 18.2 Å². The molecule has 2 rings (SSSR count). The van der Waals surface area contributed by atoms with Crippen LogP contribution >= 0.6 is 11.6 Å². The molecule has 1 saturated carbocycles. The number of hydrogen-bond acceptors (Lipinski definition) is 1. The molecule has 0 amide bonds. The first-order valence-electron chi connectivity index (χ1n) is 5.45.